The second kappa shape index (κ2) is 4.29. The molecule has 1 aromatic rings. The number of ether oxygens (including phenoxy) is 2. The molecule has 76 valence electrons. The summed E-state index contributed by atoms with van der Waals surface area (Å²) < 4.78 is 11.9. The highest BCUT2D eigenvalue weighted by Gasteiger charge is 2.26. The van der Waals surface area contributed by atoms with Gasteiger partial charge in [-0.15, -0.1) is 0 Å². The van der Waals surface area contributed by atoms with Crippen LogP contribution < -0.4 is 10.5 Å². The third kappa shape index (κ3) is 2.26. The summed E-state index contributed by atoms with van der Waals surface area (Å²) in [5.74, 6) is 0.833. The Morgan fingerprint density at radius 2 is 2.00 bits per heavy atom. The monoisotopic (exact) mass is 257 g/mol. The molecule has 1 aliphatic heterocycles. The lowest BCUT2D eigenvalue weighted by Crippen LogP contribution is -2.37. The van der Waals surface area contributed by atoms with Crippen molar-refractivity contribution in [1.29, 1.82) is 0 Å². The first-order valence-corrected chi connectivity index (χ1v) is 5.30. The molecule has 0 amide bonds. The molecule has 2 N–H and O–H groups in total. The highest BCUT2D eigenvalue weighted by molar-refractivity contribution is 9.10. The van der Waals surface area contributed by atoms with Crippen LogP contribution in [0.4, 0.5) is 0 Å². The first-order valence-electron chi connectivity index (χ1n) is 4.51. The fourth-order valence-electron chi connectivity index (χ4n) is 1.36. The molecule has 0 saturated carbocycles. The van der Waals surface area contributed by atoms with Crippen molar-refractivity contribution in [3.63, 3.8) is 0 Å². The Balaban J connectivity index is 2.00. The van der Waals surface area contributed by atoms with E-state index in [9.17, 15) is 0 Å². The van der Waals surface area contributed by atoms with E-state index < -0.39 is 0 Å². The molecular weight excluding hydrogens is 246 g/mol. The van der Waals surface area contributed by atoms with Gasteiger partial charge in [0.2, 0.25) is 0 Å². The van der Waals surface area contributed by atoms with Crippen LogP contribution in [0.1, 0.15) is 0 Å². The molecule has 14 heavy (non-hydrogen) atoms. The molecule has 1 fully saturated rings. The number of rotatable bonds is 2. The molecule has 3 nitrogen and oxygen atoms in total. The van der Waals surface area contributed by atoms with E-state index in [4.69, 9.17) is 15.2 Å². The quantitative estimate of drug-likeness (QED) is 0.875. The smallest absolute Gasteiger partial charge is 0.139 e. The topological polar surface area (TPSA) is 44.5 Å². The van der Waals surface area contributed by atoms with E-state index in [1.807, 2.05) is 24.3 Å². The Kier molecular flexibility index (Phi) is 3.05. The summed E-state index contributed by atoms with van der Waals surface area (Å²) in [5, 5.41) is 0. The van der Waals surface area contributed by atoms with Crippen LogP contribution in [0.3, 0.4) is 0 Å². The van der Waals surface area contributed by atoms with Gasteiger partial charge >= 0.3 is 0 Å². The van der Waals surface area contributed by atoms with Crippen molar-refractivity contribution in [3.8, 4) is 5.75 Å². The summed E-state index contributed by atoms with van der Waals surface area (Å²) in [4.78, 5) is 0. The van der Waals surface area contributed by atoms with Gasteiger partial charge in [-0.05, 0) is 24.3 Å². The van der Waals surface area contributed by atoms with Crippen molar-refractivity contribution in [2.75, 3.05) is 13.2 Å². The molecule has 4 heteroatoms. The molecule has 1 heterocycles. The van der Waals surface area contributed by atoms with Gasteiger partial charge in [-0.1, -0.05) is 15.9 Å². The van der Waals surface area contributed by atoms with Gasteiger partial charge in [-0.3, -0.25) is 0 Å². The van der Waals surface area contributed by atoms with E-state index in [1.54, 1.807) is 0 Å². The zero-order valence-corrected chi connectivity index (χ0v) is 9.24. The van der Waals surface area contributed by atoms with Gasteiger partial charge in [0.1, 0.15) is 11.9 Å². The molecule has 1 saturated heterocycles. The molecule has 0 aromatic heterocycles. The normalized spacial score (nSPS) is 26.4. The van der Waals surface area contributed by atoms with Gasteiger partial charge in [-0.2, -0.15) is 0 Å². The number of benzene rings is 1. The highest BCUT2D eigenvalue weighted by atomic mass is 79.9. The fourth-order valence-corrected chi connectivity index (χ4v) is 1.62. The van der Waals surface area contributed by atoms with Gasteiger partial charge < -0.3 is 15.2 Å². The largest absolute Gasteiger partial charge is 0.486 e. The minimum atomic E-state index is -0.0174. The van der Waals surface area contributed by atoms with Crippen molar-refractivity contribution in [2.45, 2.75) is 12.1 Å². The molecule has 1 aliphatic rings. The molecule has 0 spiro atoms. The SMILES string of the molecule is N[C@@H]1COC[C@H]1Oc1ccc(Br)cc1. The molecule has 1 aromatic carbocycles. The average Bonchev–Trinajstić information content (AvgIpc) is 2.56. The Bertz CT molecular complexity index is 301. The average molecular weight is 258 g/mol. The van der Waals surface area contributed by atoms with Crippen LogP contribution in [0.15, 0.2) is 28.7 Å². The number of hydrogen-bond donors (Lipinski definition) is 1. The zero-order valence-electron chi connectivity index (χ0n) is 7.65. The third-order valence-corrected chi connectivity index (χ3v) is 2.70. The van der Waals surface area contributed by atoms with Gasteiger partial charge in [0.25, 0.3) is 0 Å². The Labute approximate surface area is 91.3 Å². The Morgan fingerprint density at radius 3 is 2.57 bits per heavy atom. The predicted octanol–water partition coefficient (Wildman–Crippen LogP) is 1.55. The maximum absolute atomic E-state index is 5.80. The minimum absolute atomic E-state index is 0.0151. The number of nitrogens with two attached hydrogens (primary N) is 1. The van der Waals surface area contributed by atoms with E-state index in [0.717, 1.165) is 10.2 Å². The minimum Gasteiger partial charge on any atom is -0.486 e. The molecular formula is C10H12BrNO2. The molecule has 0 aliphatic carbocycles. The van der Waals surface area contributed by atoms with Gasteiger partial charge in [0.05, 0.1) is 19.3 Å². The lowest BCUT2D eigenvalue weighted by Gasteiger charge is -2.15. The standard InChI is InChI=1S/C10H12BrNO2/c11-7-1-3-8(4-2-7)14-10-6-13-5-9(10)12/h1-4,9-10H,5-6,12H2/t9-,10-/m1/s1. The van der Waals surface area contributed by atoms with E-state index >= 15 is 0 Å². The Morgan fingerprint density at radius 1 is 1.29 bits per heavy atom. The predicted molar refractivity (Wildman–Crippen MR) is 57.4 cm³/mol. The van der Waals surface area contributed by atoms with Crippen LogP contribution in [-0.2, 0) is 4.74 Å². The number of halogens is 1. The first kappa shape index (κ1) is 9.96. The highest BCUT2D eigenvalue weighted by Crippen LogP contribution is 2.19. The van der Waals surface area contributed by atoms with E-state index in [1.165, 1.54) is 0 Å². The third-order valence-electron chi connectivity index (χ3n) is 2.17. The molecule has 0 radical (unpaired) electrons. The maximum atomic E-state index is 5.80. The lowest BCUT2D eigenvalue weighted by molar-refractivity contribution is 0.140. The van der Waals surface area contributed by atoms with Crippen molar-refractivity contribution in [3.05, 3.63) is 28.7 Å². The van der Waals surface area contributed by atoms with Crippen LogP contribution in [0.25, 0.3) is 0 Å². The van der Waals surface area contributed by atoms with Gasteiger partial charge in [0.15, 0.2) is 0 Å². The van der Waals surface area contributed by atoms with Crippen molar-refractivity contribution in [2.24, 2.45) is 5.73 Å². The van der Waals surface area contributed by atoms with Crippen molar-refractivity contribution < 1.29 is 9.47 Å². The summed E-state index contributed by atoms with van der Waals surface area (Å²) in [6, 6.07) is 7.69. The second-order valence-corrected chi connectivity index (χ2v) is 4.23. The van der Waals surface area contributed by atoms with Crippen LogP contribution >= 0.6 is 15.9 Å². The van der Waals surface area contributed by atoms with Crippen LogP contribution in [0.5, 0.6) is 5.75 Å². The van der Waals surface area contributed by atoms with Crippen LogP contribution in [-0.4, -0.2) is 25.4 Å². The van der Waals surface area contributed by atoms with Gasteiger partial charge in [-0.25, -0.2) is 0 Å². The number of hydrogen-bond acceptors (Lipinski definition) is 3. The van der Waals surface area contributed by atoms with Gasteiger partial charge in [0, 0.05) is 4.47 Å². The van der Waals surface area contributed by atoms with E-state index in [2.05, 4.69) is 15.9 Å². The molecule has 2 atom stereocenters. The summed E-state index contributed by atoms with van der Waals surface area (Å²) >= 11 is 3.37. The fraction of sp³-hybridized carbons (Fsp3) is 0.400. The molecule has 0 unspecified atom stereocenters. The van der Waals surface area contributed by atoms with E-state index in [-0.39, 0.29) is 12.1 Å². The summed E-state index contributed by atoms with van der Waals surface area (Å²) in [6.45, 7) is 1.17. The molecule has 0 bridgehead atoms. The van der Waals surface area contributed by atoms with Crippen molar-refractivity contribution >= 4 is 15.9 Å². The summed E-state index contributed by atoms with van der Waals surface area (Å²) in [5.41, 5.74) is 5.80. The summed E-state index contributed by atoms with van der Waals surface area (Å²) in [7, 11) is 0. The van der Waals surface area contributed by atoms with Crippen LogP contribution in [0.2, 0.25) is 0 Å². The second-order valence-electron chi connectivity index (χ2n) is 3.31. The van der Waals surface area contributed by atoms with E-state index in [0.29, 0.717) is 13.2 Å². The maximum Gasteiger partial charge on any atom is 0.139 e. The molecule has 2 rings (SSSR count). The lowest BCUT2D eigenvalue weighted by atomic mass is 10.2. The summed E-state index contributed by atoms with van der Waals surface area (Å²) in [6.07, 6.45) is -0.0174. The Hall–Kier alpha value is -0.580. The van der Waals surface area contributed by atoms with Crippen LogP contribution in [0, 0.1) is 0 Å². The first-order chi connectivity index (χ1) is 6.75. The zero-order chi connectivity index (χ0) is 9.97. The van der Waals surface area contributed by atoms with Crippen molar-refractivity contribution in [1.82, 2.24) is 0 Å².